The minimum Gasteiger partial charge on any atom is -0.628 e. The van der Waals surface area contributed by atoms with Crippen LogP contribution in [0.1, 0.15) is 12.8 Å². The van der Waals surface area contributed by atoms with E-state index < -0.39 is 18.5 Å². The summed E-state index contributed by atoms with van der Waals surface area (Å²) in [5, 5.41) is 12.6. The van der Waals surface area contributed by atoms with E-state index in [-0.39, 0.29) is 48.4 Å². The SMILES string of the molecule is O=C([O-])CCC1[NH2+][B-](c2ccccc2)(c2ccccc2)OC1=O.[Na+]. The average Bonchev–Trinajstić information content (AvgIpc) is 2.92. The van der Waals surface area contributed by atoms with E-state index in [0.717, 1.165) is 10.9 Å². The van der Waals surface area contributed by atoms with E-state index in [1.54, 1.807) is 0 Å². The predicted molar refractivity (Wildman–Crippen MR) is 84.0 cm³/mol. The minimum atomic E-state index is -1.78. The molecule has 1 heterocycles. The fraction of sp³-hybridized carbons (Fsp3) is 0.176. The number of aliphatic carboxylic acids is 1. The summed E-state index contributed by atoms with van der Waals surface area (Å²) in [6.45, 7) is -1.78. The van der Waals surface area contributed by atoms with Crippen LogP contribution in [0.3, 0.4) is 0 Å². The Morgan fingerprint density at radius 1 is 1.04 bits per heavy atom. The van der Waals surface area contributed by atoms with Crippen molar-refractivity contribution in [2.45, 2.75) is 18.9 Å². The van der Waals surface area contributed by atoms with Crippen LogP contribution in [0.4, 0.5) is 0 Å². The van der Waals surface area contributed by atoms with Crippen LogP contribution >= 0.6 is 0 Å². The summed E-state index contributed by atoms with van der Waals surface area (Å²) >= 11 is 0. The Labute approximate surface area is 162 Å². The van der Waals surface area contributed by atoms with Crippen LogP contribution in [0, 0.1) is 0 Å². The number of carbonyl (C=O) groups is 2. The number of carbonyl (C=O) groups excluding carboxylic acids is 2. The van der Waals surface area contributed by atoms with Gasteiger partial charge in [0, 0.05) is 12.4 Å². The van der Waals surface area contributed by atoms with Crippen molar-refractivity contribution in [2.24, 2.45) is 0 Å². The number of hydrogen-bond acceptors (Lipinski definition) is 4. The van der Waals surface area contributed by atoms with Crippen LogP contribution in [-0.4, -0.2) is 24.5 Å². The smallest absolute Gasteiger partial charge is 0.628 e. The Morgan fingerprint density at radius 3 is 2.00 bits per heavy atom. The second-order valence-electron chi connectivity index (χ2n) is 5.82. The molecule has 0 aromatic heterocycles. The summed E-state index contributed by atoms with van der Waals surface area (Å²) in [5.74, 6) is -1.53. The molecule has 1 saturated heterocycles. The maximum atomic E-state index is 12.3. The molecule has 3 rings (SSSR count). The molecule has 24 heavy (non-hydrogen) atoms. The third-order valence-corrected chi connectivity index (χ3v) is 4.36. The summed E-state index contributed by atoms with van der Waals surface area (Å²) in [7, 11) is 0. The quantitative estimate of drug-likeness (QED) is 0.557. The molecule has 2 aromatic carbocycles. The zero-order valence-electron chi connectivity index (χ0n) is 13.6. The van der Waals surface area contributed by atoms with Gasteiger partial charge in [-0.3, -0.25) is 4.79 Å². The molecule has 0 spiro atoms. The Kier molecular flexibility index (Phi) is 6.24. The Morgan fingerprint density at radius 2 is 1.54 bits per heavy atom. The fourth-order valence-corrected chi connectivity index (χ4v) is 3.23. The monoisotopic (exact) mass is 333 g/mol. The normalized spacial score (nSPS) is 18.5. The van der Waals surface area contributed by atoms with Gasteiger partial charge in [-0.25, -0.2) is 0 Å². The van der Waals surface area contributed by atoms with Gasteiger partial charge in [0.05, 0.1) is 0 Å². The standard InChI is InChI=1S/C17H18BNO4.Na/c20-16(21)12-11-15-17(22)23-18(19-15,13-7-3-1-4-8-13)14-9-5-2-6-10-14;/h1-10,15H,11-12,19H2,(H,20,21);/q;+1/p-1. The van der Waals surface area contributed by atoms with Crippen molar-refractivity contribution in [1.29, 1.82) is 0 Å². The van der Waals surface area contributed by atoms with Crippen molar-refractivity contribution in [3.05, 3.63) is 60.7 Å². The van der Waals surface area contributed by atoms with Gasteiger partial charge in [-0.05, 0) is 6.42 Å². The number of carboxylic acids is 1. The maximum Gasteiger partial charge on any atom is 1.00 e. The van der Waals surface area contributed by atoms with Crippen molar-refractivity contribution >= 4 is 29.3 Å². The Hall–Kier alpha value is -1.60. The van der Waals surface area contributed by atoms with Crippen LogP contribution in [0.15, 0.2) is 60.7 Å². The van der Waals surface area contributed by atoms with Crippen LogP contribution in [0.5, 0.6) is 0 Å². The fourth-order valence-electron chi connectivity index (χ4n) is 3.23. The summed E-state index contributed by atoms with van der Waals surface area (Å²) < 4.78 is 5.82. The van der Waals surface area contributed by atoms with E-state index in [1.165, 1.54) is 0 Å². The van der Waals surface area contributed by atoms with E-state index >= 15 is 0 Å². The van der Waals surface area contributed by atoms with Gasteiger partial charge in [-0.15, -0.1) is 0 Å². The average molecular weight is 333 g/mol. The zero-order chi connectivity index (χ0) is 16.3. The Bertz CT molecular complexity index is 672. The molecule has 1 unspecified atom stereocenters. The van der Waals surface area contributed by atoms with Gasteiger partial charge in [0.1, 0.15) is 6.04 Å². The molecule has 0 radical (unpaired) electrons. The summed E-state index contributed by atoms with van der Waals surface area (Å²) in [6.07, 6.45) is 0.0380. The zero-order valence-corrected chi connectivity index (χ0v) is 15.6. The van der Waals surface area contributed by atoms with Crippen LogP contribution in [-0.2, 0) is 14.2 Å². The first kappa shape index (κ1) is 18.7. The second kappa shape index (κ2) is 7.99. The van der Waals surface area contributed by atoms with E-state index in [4.69, 9.17) is 4.65 Å². The molecule has 1 atom stereocenters. The number of carboxylic acid groups (broad SMARTS) is 1. The number of nitrogens with two attached hydrogens (primary N) is 1. The van der Waals surface area contributed by atoms with Gasteiger partial charge in [0.15, 0.2) is 0 Å². The van der Waals surface area contributed by atoms with Gasteiger partial charge in [0.25, 0.3) is 0 Å². The minimum absolute atomic E-state index is 0. The topological polar surface area (TPSA) is 83.0 Å². The van der Waals surface area contributed by atoms with Gasteiger partial charge < -0.3 is 19.8 Å². The van der Waals surface area contributed by atoms with Gasteiger partial charge in [-0.1, -0.05) is 71.6 Å². The first-order valence-corrected chi connectivity index (χ1v) is 7.67. The molecule has 0 aliphatic carbocycles. The Balaban J connectivity index is 0.00000208. The van der Waals surface area contributed by atoms with Crippen molar-refractivity contribution in [3.8, 4) is 0 Å². The summed E-state index contributed by atoms with van der Waals surface area (Å²) in [4.78, 5) is 23.0. The molecule has 118 valence electrons. The number of benzene rings is 2. The molecule has 7 heteroatoms. The molecule has 2 aromatic rings. The van der Waals surface area contributed by atoms with E-state index in [9.17, 15) is 14.7 Å². The molecular formula is C17H17BNNaO4. The van der Waals surface area contributed by atoms with E-state index in [0.29, 0.717) is 0 Å². The van der Waals surface area contributed by atoms with Crippen molar-refractivity contribution in [2.75, 3.05) is 0 Å². The van der Waals surface area contributed by atoms with Gasteiger partial charge in [0.2, 0.25) is 0 Å². The maximum absolute atomic E-state index is 12.3. The molecule has 1 aliphatic rings. The van der Waals surface area contributed by atoms with Crippen molar-refractivity contribution in [3.63, 3.8) is 0 Å². The molecule has 1 aliphatic heterocycles. The summed E-state index contributed by atoms with van der Waals surface area (Å²) in [6, 6.07) is 18.6. The molecule has 0 bridgehead atoms. The van der Waals surface area contributed by atoms with E-state index in [1.807, 2.05) is 65.9 Å². The molecule has 0 saturated carbocycles. The molecule has 0 amide bonds. The van der Waals surface area contributed by atoms with Gasteiger partial charge >= 0.3 is 42.0 Å². The van der Waals surface area contributed by atoms with Crippen molar-refractivity contribution in [1.82, 2.24) is 0 Å². The predicted octanol–water partition coefficient (Wildman–Crippen LogP) is -4.73. The van der Waals surface area contributed by atoms with Crippen LogP contribution < -0.4 is 50.8 Å². The van der Waals surface area contributed by atoms with Crippen LogP contribution in [0.25, 0.3) is 0 Å². The number of quaternary nitrogens is 1. The third kappa shape index (κ3) is 3.73. The molecule has 1 fully saturated rings. The van der Waals surface area contributed by atoms with Crippen LogP contribution in [0.2, 0.25) is 0 Å². The molecular weight excluding hydrogens is 316 g/mol. The second-order valence-corrected chi connectivity index (χ2v) is 5.82. The van der Waals surface area contributed by atoms with Gasteiger partial charge in [-0.2, -0.15) is 0 Å². The molecule has 2 N–H and O–H groups in total. The molecule has 5 nitrogen and oxygen atoms in total. The third-order valence-electron chi connectivity index (χ3n) is 4.36. The van der Waals surface area contributed by atoms with E-state index in [2.05, 4.69) is 0 Å². The first-order chi connectivity index (χ1) is 11.1. The number of hydrogen-bond donors (Lipinski definition) is 1. The summed E-state index contributed by atoms with van der Waals surface area (Å²) in [5.41, 5.74) is 1.81. The first-order valence-electron chi connectivity index (χ1n) is 7.67. The number of rotatable bonds is 5. The largest absolute Gasteiger partial charge is 1.00 e. The van der Waals surface area contributed by atoms with Crippen molar-refractivity contribution < 1.29 is 54.1 Å².